The molecule has 1 aliphatic rings. The van der Waals surface area contributed by atoms with Crippen LogP contribution < -0.4 is 10.0 Å². The fraction of sp³-hybridized carbons (Fsp3) is 0.262. The minimum absolute atomic E-state index is 0.0769. The number of aliphatic hydroxyl groups is 1. The van der Waals surface area contributed by atoms with Crippen LogP contribution in [0.4, 0.5) is 0 Å². The number of sulfonamides is 1. The van der Waals surface area contributed by atoms with Gasteiger partial charge in [0.1, 0.15) is 11.1 Å². The monoisotopic (exact) mass is 781 g/mol. The summed E-state index contributed by atoms with van der Waals surface area (Å²) in [7, 11) is -3.99. The molecule has 4 N–H and O–H groups in total. The predicted octanol–water partition coefficient (Wildman–Crippen LogP) is 6.37. The van der Waals surface area contributed by atoms with Gasteiger partial charge in [-0.15, -0.1) is 11.8 Å². The van der Waals surface area contributed by atoms with Crippen molar-refractivity contribution in [1.82, 2.24) is 15.0 Å². The van der Waals surface area contributed by atoms with Gasteiger partial charge in [0.15, 0.2) is 6.29 Å². The number of pyridine rings is 1. The highest BCUT2D eigenvalue weighted by molar-refractivity contribution is 7.99. The molecule has 6 rings (SSSR count). The molecular formula is C42H43N3O8S2. The number of amides is 1. The number of carboxylic acids is 1. The molecule has 0 saturated carbocycles. The quantitative estimate of drug-likeness (QED) is 0.0878. The lowest BCUT2D eigenvalue weighted by atomic mass is 9.91. The smallest absolute Gasteiger partial charge is 0.338 e. The zero-order valence-electron chi connectivity index (χ0n) is 30.4. The van der Waals surface area contributed by atoms with Gasteiger partial charge < -0.3 is 25.0 Å². The third-order valence-electron chi connectivity index (χ3n) is 9.46. The average molecular weight is 782 g/mol. The number of nitrogens with zero attached hydrogens (tertiary/aromatic N) is 1. The maximum atomic E-state index is 13.6. The highest BCUT2D eigenvalue weighted by Gasteiger charge is 2.38. The third-order valence-corrected chi connectivity index (χ3v) is 12.0. The number of nitrogens with one attached hydrogen (secondary N) is 2. The maximum Gasteiger partial charge on any atom is 0.338 e. The van der Waals surface area contributed by atoms with Crippen LogP contribution in [0, 0.1) is 12.8 Å². The molecule has 5 aromatic rings. The normalized spacial score (nSPS) is 19.0. The van der Waals surface area contributed by atoms with Crippen LogP contribution in [0.2, 0.25) is 0 Å². The van der Waals surface area contributed by atoms with Gasteiger partial charge in [0.25, 0.3) is 0 Å². The van der Waals surface area contributed by atoms with Gasteiger partial charge in [-0.05, 0) is 59.9 Å². The third kappa shape index (κ3) is 10.3. The fourth-order valence-electron chi connectivity index (χ4n) is 6.25. The fourth-order valence-corrected chi connectivity index (χ4v) is 8.60. The van der Waals surface area contributed by atoms with Gasteiger partial charge in [0.05, 0.1) is 29.3 Å². The Morgan fingerprint density at radius 3 is 2.18 bits per heavy atom. The topological polar surface area (TPSA) is 164 Å². The first-order chi connectivity index (χ1) is 26.5. The summed E-state index contributed by atoms with van der Waals surface area (Å²) in [5.41, 5.74) is 5.07. The van der Waals surface area contributed by atoms with Crippen LogP contribution in [0.3, 0.4) is 0 Å². The average Bonchev–Trinajstić information content (AvgIpc) is 3.20. The Morgan fingerprint density at radius 2 is 1.51 bits per heavy atom. The minimum Gasteiger partial charge on any atom is -0.478 e. The molecule has 1 fully saturated rings. The largest absolute Gasteiger partial charge is 0.478 e. The van der Waals surface area contributed by atoms with Gasteiger partial charge in [-0.3, -0.25) is 4.79 Å². The number of benzene rings is 4. The number of carbonyl (C=O) groups is 2. The lowest BCUT2D eigenvalue weighted by molar-refractivity contribution is -0.268. The summed E-state index contributed by atoms with van der Waals surface area (Å²) in [6.07, 6.45) is 0.242. The molecule has 1 amide bonds. The van der Waals surface area contributed by atoms with Gasteiger partial charge in [-0.1, -0.05) is 103 Å². The second-order valence-electron chi connectivity index (χ2n) is 13.4. The van der Waals surface area contributed by atoms with E-state index < -0.39 is 34.2 Å². The number of carbonyl (C=O) groups excluding carboxylic acids is 1. The molecule has 5 atom stereocenters. The van der Waals surface area contributed by atoms with E-state index in [4.69, 9.17) is 9.47 Å². The number of thioether (sulfide) groups is 1. The highest BCUT2D eigenvalue weighted by Crippen LogP contribution is 2.43. The molecule has 0 spiro atoms. The van der Waals surface area contributed by atoms with E-state index in [2.05, 4.69) is 15.0 Å². The summed E-state index contributed by atoms with van der Waals surface area (Å²) in [5, 5.41) is 22.6. The Morgan fingerprint density at radius 1 is 0.836 bits per heavy atom. The second-order valence-corrected chi connectivity index (χ2v) is 16.2. The van der Waals surface area contributed by atoms with E-state index in [1.54, 1.807) is 24.4 Å². The molecule has 13 heteroatoms. The first-order valence-electron chi connectivity index (χ1n) is 17.8. The van der Waals surface area contributed by atoms with Crippen molar-refractivity contribution in [1.29, 1.82) is 0 Å². The zero-order valence-corrected chi connectivity index (χ0v) is 32.0. The summed E-state index contributed by atoms with van der Waals surface area (Å²) in [4.78, 5) is 29.8. The van der Waals surface area contributed by atoms with Crippen molar-refractivity contribution in [2.24, 2.45) is 5.92 Å². The van der Waals surface area contributed by atoms with Crippen LogP contribution in [0.1, 0.15) is 63.1 Å². The van der Waals surface area contributed by atoms with E-state index >= 15 is 0 Å². The lowest BCUT2D eigenvalue weighted by Gasteiger charge is -2.41. The number of ether oxygens (including phenoxy) is 2. The summed E-state index contributed by atoms with van der Waals surface area (Å²) in [6.45, 7) is 3.97. The maximum absolute atomic E-state index is 13.6. The highest BCUT2D eigenvalue weighted by atomic mass is 32.2. The zero-order chi connectivity index (χ0) is 39.0. The number of aliphatic hydroxyl groups excluding tert-OH is 1. The molecule has 0 radical (unpaired) electrons. The number of hydrogen-bond acceptors (Lipinski definition) is 9. The van der Waals surface area contributed by atoms with Crippen LogP contribution in [-0.2, 0) is 43.9 Å². The van der Waals surface area contributed by atoms with Crippen LogP contribution in [0.5, 0.6) is 0 Å². The van der Waals surface area contributed by atoms with E-state index in [0.717, 1.165) is 33.4 Å². The van der Waals surface area contributed by atoms with E-state index in [1.165, 1.54) is 30.0 Å². The molecule has 2 heterocycles. The Hall–Kier alpha value is -4.89. The molecule has 55 heavy (non-hydrogen) atoms. The van der Waals surface area contributed by atoms with Crippen molar-refractivity contribution in [3.8, 4) is 0 Å². The molecule has 286 valence electrons. The molecule has 11 nitrogen and oxygen atoms in total. The van der Waals surface area contributed by atoms with Crippen molar-refractivity contribution < 1.29 is 37.7 Å². The predicted molar refractivity (Wildman–Crippen MR) is 209 cm³/mol. The Kier molecular flexibility index (Phi) is 13.1. The van der Waals surface area contributed by atoms with Crippen molar-refractivity contribution in [3.63, 3.8) is 0 Å². The van der Waals surface area contributed by atoms with Crippen LogP contribution in [-0.4, -0.2) is 53.4 Å². The van der Waals surface area contributed by atoms with Crippen LogP contribution in [0.25, 0.3) is 0 Å². The number of rotatable bonds is 15. The second kappa shape index (κ2) is 18.2. The van der Waals surface area contributed by atoms with E-state index in [9.17, 15) is 28.2 Å². The summed E-state index contributed by atoms with van der Waals surface area (Å²) < 4.78 is 42.3. The standard InChI is InChI=1S/C42H43N3O8S2/c1-27-10-20-34(21-11-27)55(50,51)45-36(23-29-7-4-3-5-8-29)39(47)44-24-30-12-18-33(19-13-30)42-52-37(26-54-40-35(41(48)49)9-6-22-43-40)28(2)38(53-42)32-16-14-31(25-46)15-17-32/h3-22,28,36-38,42,45-46H,23-26H2,1-2H3,(H,44,47)(H,48,49)/t28-,36-,37+,38+,42+/m1/s1. The van der Waals surface area contributed by atoms with E-state index in [-0.39, 0.29) is 48.2 Å². The lowest BCUT2D eigenvalue weighted by Crippen LogP contribution is -2.47. The number of carboxylic acid groups (broad SMARTS) is 1. The van der Waals surface area contributed by atoms with Crippen molar-refractivity contribution in [3.05, 3.63) is 160 Å². The SMILES string of the molecule is Cc1ccc(S(=O)(=O)N[C@H](Cc2ccccc2)C(=O)NCc2ccc([C@H]3O[C@@H](CSc4ncccc4C(=O)O)[C@@H](C)[C@@H](c4ccc(CO)cc4)O3)cc2)cc1. The van der Waals surface area contributed by atoms with Crippen molar-refractivity contribution in [2.45, 2.75) is 67.9 Å². The van der Waals surface area contributed by atoms with Crippen molar-refractivity contribution in [2.75, 3.05) is 5.75 Å². The van der Waals surface area contributed by atoms with E-state index in [0.29, 0.717) is 10.8 Å². The van der Waals surface area contributed by atoms with Gasteiger partial charge in [0, 0.05) is 30.0 Å². The van der Waals surface area contributed by atoms with Crippen LogP contribution in [0.15, 0.2) is 131 Å². The molecule has 0 bridgehead atoms. The molecule has 4 aromatic carbocycles. The summed E-state index contributed by atoms with van der Waals surface area (Å²) in [5.74, 6) is -1.22. The Balaban J connectivity index is 1.16. The van der Waals surface area contributed by atoms with Gasteiger partial charge in [-0.2, -0.15) is 4.72 Å². The number of aryl methyl sites for hydroxylation is 1. The number of aromatic nitrogens is 1. The van der Waals surface area contributed by atoms with Gasteiger partial charge in [0.2, 0.25) is 15.9 Å². The molecule has 0 unspecified atom stereocenters. The van der Waals surface area contributed by atoms with Gasteiger partial charge in [-0.25, -0.2) is 18.2 Å². The molecule has 1 aliphatic heterocycles. The van der Waals surface area contributed by atoms with E-state index in [1.807, 2.05) is 92.7 Å². The minimum atomic E-state index is -3.99. The van der Waals surface area contributed by atoms with Crippen LogP contribution >= 0.6 is 11.8 Å². The molecule has 1 saturated heterocycles. The molecular weight excluding hydrogens is 739 g/mol. The Bertz CT molecular complexity index is 2170. The van der Waals surface area contributed by atoms with Crippen molar-refractivity contribution >= 4 is 33.7 Å². The number of hydrogen-bond donors (Lipinski definition) is 4. The summed E-state index contributed by atoms with van der Waals surface area (Å²) >= 11 is 1.31. The Labute approximate surface area is 325 Å². The van der Waals surface area contributed by atoms with Gasteiger partial charge >= 0.3 is 5.97 Å². The first kappa shape index (κ1) is 39.8. The molecule has 0 aliphatic carbocycles. The first-order valence-corrected chi connectivity index (χ1v) is 20.3. The summed E-state index contributed by atoms with van der Waals surface area (Å²) in [6, 6.07) is 32.7. The molecule has 1 aromatic heterocycles. The number of aromatic carboxylic acids is 1.